The second-order valence-corrected chi connectivity index (χ2v) is 7.27. The zero-order valence-corrected chi connectivity index (χ0v) is 13.9. The van der Waals surface area contributed by atoms with Gasteiger partial charge >= 0.3 is 0 Å². The lowest BCUT2D eigenvalue weighted by Crippen LogP contribution is -2.44. The first-order valence-electron chi connectivity index (χ1n) is 6.62. The molecule has 2 rings (SSSR count). The lowest BCUT2D eigenvalue weighted by Gasteiger charge is -2.20. The first kappa shape index (κ1) is 15.8. The third-order valence-corrected chi connectivity index (χ3v) is 3.84. The van der Waals surface area contributed by atoms with Gasteiger partial charge in [0.2, 0.25) is 0 Å². The standard InChI is InChI=1S/C15H19ClN4S/c1-15(2,3)20-14(17)19-9-12-8-18-13(21-12)10-4-6-11(16)7-5-10/h4-8H,9H2,1-3H3,(H3,17,19,20). The van der Waals surface area contributed by atoms with Crippen LogP contribution in [0, 0.1) is 0 Å². The number of guanidine groups is 1. The maximum absolute atomic E-state index is 5.89. The Morgan fingerprint density at radius 2 is 2.00 bits per heavy atom. The fourth-order valence-electron chi connectivity index (χ4n) is 1.69. The molecule has 0 amide bonds. The molecule has 112 valence electrons. The van der Waals surface area contributed by atoms with Crippen molar-refractivity contribution in [1.29, 1.82) is 0 Å². The molecule has 6 heteroatoms. The molecule has 0 aliphatic carbocycles. The number of nitrogens with zero attached hydrogens (tertiary/aromatic N) is 2. The number of halogens is 1. The van der Waals surface area contributed by atoms with E-state index in [1.165, 1.54) is 0 Å². The molecule has 1 aromatic heterocycles. The Labute approximate surface area is 134 Å². The molecule has 0 bridgehead atoms. The van der Waals surface area contributed by atoms with Crippen molar-refractivity contribution in [3.63, 3.8) is 0 Å². The SMILES string of the molecule is CC(C)(C)NC(N)=NCc1cnc(-c2ccc(Cl)cc2)s1. The van der Waals surface area contributed by atoms with Crippen molar-refractivity contribution in [1.82, 2.24) is 10.3 Å². The van der Waals surface area contributed by atoms with Crippen molar-refractivity contribution < 1.29 is 0 Å². The highest BCUT2D eigenvalue weighted by Crippen LogP contribution is 2.26. The van der Waals surface area contributed by atoms with E-state index in [1.54, 1.807) is 11.3 Å². The predicted molar refractivity (Wildman–Crippen MR) is 90.8 cm³/mol. The average molecular weight is 323 g/mol. The van der Waals surface area contributed by atoms with Gasteiger partial charge in [-0.1, -0.05) is 23.7 Å². The fourth-order valence-corrected chi connectivity index (χ4v) is 2.66. The topological polar surface area (TPSA) is 63.3 Å². The molecule has 4 nitrogen and oxygen atoms in total. The van der Waals surface area contributed by atoms with Gasteiger partial charge in [0.15, 0.2) is 5.96 Å². The van der Waals surface area contributed by atoms with Crippen LogP contribution in [0.3, 0.4) is 0 Å². The highest BCUT2D eigenvalue weighted by Gasteiger charge is 2.10. The van der Waals surface area contributed by atoms with Crippen LogP contribution in [0.4, 0.5) is 0 Å². The number of aromatic nitrogens is 1. The van der Waals surface area contributed by atoms with Crippen molar-refractivity contribution in [2.24, 2.45) is 10.7 Å². The lowest BCUT2D eigenvalue weighted by atomic mass is 10.1. The van der Waals surface area contributed by atoms with Gasteiger partial charge in [-0.2, -0.15) is 0 Å². The molecule has 3 N–H and O–H groups in total. The van der Waals surface area contributed by atoms with Crippen LogP contribution in [-0.4, -0.2) is 16.5 Å². The van der Waals surface area contributed by atoms with Gasteiger partial charge in [-0.25, -0.2) is 9.98 Å². The van der Waals surface area contributed by atoms with E-state index in [-0.39, 0.29) is 5.54 Å². The third kappa shape index (κ3) is 5.02. The van der Waals surface area contributed by atoms with Crippen molar-refractivity contribution in [2.75, 3.05) is 0 Å². The van der Waals surface area contributed by atoms with Gasteiger partial charge in [-0.3, -0.25) is 0 Å². The molecule has 0 radical (unpaired) electrons. The Bertz CT molecular complexity index is 626. The van der Waals surface area contributed by atoms with Crippen molar-refractivity contribution in [3.05, 3.63) is 40.4 Å². The highest BCUT2D eigenvalue weighted by atomic mass is 35.5. The molecule has 1 heterocycles. The summed E-state index contributed by atoms with van der Waals surface area (Å²) in [6.07, 6.45) is 1.84. The zero-order valence-electron chi connectivity index (χ0n) is 12.4. The summed E-state index contributed by atoms with van der Waals surface area (Å²) in [6.45, 7) is 6.66. The van der Waals surface area contributed by atoms with E-state index in [4.69, 9.17) is 17.3 Å². The van der Waals surface area contributed by atoms with Crippen LogP contribution in [0.15, 0.2) is 35.5 Å². The summed E-state index contributed by atoms with van der Waals surface area (Å²) in [5.41, 5.74) is 6.82. The molecule has 2 aromatic rings. The summed E-state index contributed by atoms with van der Waals surface area (Å²) in [5, 5.41) is 4.81. The van der Waals surface area contributed by atoms with Gasteiger partial charge in [-0.05, 0) is 32.9 Å². The number of benzene rings is 1. The minimum Gasteiger partial charge on any atom is -0.370 e. The molecule has 1 aromatic carbocycles. The summed E-state index contributed by atoms with van der Waals surface area (Å²) >= 11 is 7.49. The minimum absolute atomic E-state index is 0.0875. The van der Waals surface area contributed by atoms with Crippen LogP contribution in [-0.2, 0) is 6.54 Å². The molecule has 0 saturated heterocycles. The summed E-state index contributed by atoms with van der Waals surface area (Å²) in [6, 6.07) is 7.65. The Hall–Kier alpha value is -1.59. The Morgan fingerprint density at radius 3 is 2.62 bits per heavy atom. The monoisotopic (exact) mass is 322 g/mol. The van der Waals surface area contributed by atoms with Crippen LogP contribution < -0.4 is 11.1 Å². The molecule has 21 heavy (non-hydrogen) atoms. The second kappa shape index (κ2) is 6.45. The van der Waals surface area contributed by atoms with Gasteiger partial charge in [0.25, 0.3) is 0 Å². The summed E-state index contributed by atoms with van der Waals surface area (Å²) in [4.78, 5) is 9.82. The van der Waals surface area contributed by atoms with Crippen LogP contribution in [0.1, 0.15) is 25.6 Å². The van der Waals surface area contributed by atoms with E-state index in [2.05, 4.69) is 15.3 Å². The summed E-state index contributed by atoms with van der Waals surface area (Å²) in [7, 11) is 0. The number of hydrogen-bond donors (Lipinski definition) is 2. The second-order valence-electron chi connectivity index (χ2n) is 5.72. The van der Waals surface area contributed by atoms with E-state index in [0.29, 0.717) is 12.5 Å². The normalized spacial score (nSPS) is 12.5. The molecule has 0 saturated carbocycles. The van der Waals surface area contributed by atoms with E-state index in [1.807, 2.05) is 51.2 Å². The largest absolute Gasteiger partial charge is 0.370 e. The maximum atomic E-state index is 5.89. The lowest BCUT2D eigenvalue weighted by molar-refractivity contribution is 0.508. The number of rotatable bonds is 3. The van der Waals surface area contributed by atoms with Crippen LogP contribution in [0.25, 0.3) is 10.6 Å². The number of nitrogens with one attached hydrogen (secondary N) is 1. The van der Waals surface area contributed by atoms with Gasteiger partial charge in [0.05, 0.1) is 6.54 Å². The molecule has 0 fully saturated rings. The third-order valence-electron chi connectivity index (χ3n) is 2.55. The van der Waals surface area contributed by atoms with Crippen LogP contribution in [0.2, 0.25) is 5.02 Å². The summed E-state index contributed by atoms with van der Waals surface area (Å²) in [5.74, 6) is 0.448. The fraction of sp³-hybridized carbons (Fsp3) is 0.333. The highest BCUT2D eigenvalue weighted by molar-refractivity contribution is 7.15. The first-order chi connectivity index (χ1) is 9.83. The van der Waals surface area contributed by atoms with E-state index in [0.717, 1.165) is 20.5 Å². The van der Waals surface area contributed by atoms with E-state index < -0.39 is 0 Å². The van der Waals surface area contributed by atoms with Gasteiger partial charge < -0.3 is 11.1 Å². The molecule has 0 atom stereocenters. The smallest absolute Gasteiger partial charge is 0.189 e. The first-order valence-corrected chi connectivity index (χ1v) is 7.82. The molecular weight excluding hydrogens is 304 g/mol. The minimum atomic E-state index is -0.0875. The van der Waals surface area contributed by atoms with E-state index >= 15 is 0 Å². The number of hydrogen-bond acceptors (Lipinski definition) is 3. The molecule has 0 aliphatic heterocycles. The maximum Gasteiger partial charge on any atom is 0.189 e. The molecular formula is C15H19ClN4S. The molecule has 0 unspecified atom stereocenters. The number of thiazole rings is 1. The van der Waals surface area contributed by atoms with Gasteiger partial charge in [0, 0.05) is 27.2 Å². The average Bonchev–Trinajstić information content (AvgIpc) is 2.84. The zero-order chi connectivity index (χ0) is 15.5. The van der Waals surface area contributed by atoms with Gasteiger partial charge in [0.1, 0.15) is 5.01 Å². The summed E-state index contributed by atoms with van der Waals surface area (Å²) < 4.78 is 0. The number of aliphatic imine (C=N–C) groups is 1. The Morgan fingerprint density at radius 1 is 1.33 bits per heavy atom. The molecule has 0 aliphatic rings. The quantitative estimate of drug-likeness (QED) is 0.669. The Kier molecular flexibility index (Phi) is 4.85. The Balaban J connectivity index is 2.03. The predicted octanol–water partition coefficient (Wildman–Crippen LogP) is 3.67. The van der Waals surface area contributed by atoms with E-state index in [9.17, 15) is 0 Å². The van der Waals surface area contributed by atoms with Crippen LogP contribution >= 0.6 is 22.9 Å². The van der Waals surface area contributed by atoms with Crippen LogP contribution in [0.5, 0.6) is 0 Å². The molecule has 0 spiro atoms. The van der Waals surface area contributed by atoms with Crippen molar-refractivity contribution >= 4 is 28.9 Å². The van der Waals surface area contributed by atoms with Crippen molar-refractivity contribution in [2.45, 2.75) is 32.9 Å². The van der Waals surface area contributed by atoms with Crippen molar-refractivity contribution in [3.8, 4) is 10.6 Å². The number of nitrogens with two attached hydrogens (primary N) is 1. The van der Waals surface area contributed by atoms with Gasteiger partial charge in [-0.15, -0.1) is 11.3 Å².